The number of hydrogen-bond donors (Lipinski definition) is 0. The van der Waals surface area contributed by atoms with Crippen LogP contribution in [-0.2, 0) is 0 Å². The van der Waals surface area contributed by atoms with Gasteiger partial charge in [0.15, 0.2) is 0 Å². The van der Waals surface area contributed by atoms with E-state index in [0.717, 1.165) is 0 Å². The zero-order chi connectivity index (χ0) is 4.91. The average molecular weight is 93.1 g/mol. The number of nitrogens with zero attached hydrogens (tertiary/aromatic N) is 1. The Bertz CT molecular complexity index is 139. The summed E-state index contributed by atoms with van der Waals surface area (Å²) in [5.41, 5.74) is 0.613. The topological polar surface area (TPSA) is 4.36 Å². The number of rotatable bonds is 0. The molecule has 36 valence electrons. The molecule has 7 heavy (non-hydrogen) atoms. The van der Waals surface area contributed by atoms with Crippen molar-refractivity contribution in [2.75, 3.05) is 0 Å². The van der Waals surface area contributed by atoms with Crippen molar-refractivity contribution < 1.29 is 0 Å². The largest absolute Gasteiger partial charge is 0.313 e. The van der Waals surface area contributed by atoms with Gasteiger partial charge in [-0.05, 0) is 12.8 Å². The van der Waals surface area contributed by atoms with E-state index in [1.54, 1.807) is 0 Å². The van der Waals surface area contributed by atoms with E-state index in [1.807, 2.05) is 0 Å². The fourth-order valence-electron chi connectivity index (χ4n) is 1.21. The average Bonchev–Trinajstić information content (AvgIpc) is 2.52. The molecule has 2 fully saturated rings. The summed E-state index contributed by atoms with van der Waals surface area (Å²) in [7, 11) is 0. The summed E-state index contributed by atoms with van der Waals surface area (Å²) in [5.74, 6) is 0. The van der Waals surface area contributed by atoms with Crippen LogP contribution in [0.25, 0.3) is 4.85 Å². The van der Waals surface area contributed by atoms with Gasteiger partial charge < -0.3 is 4.85 Å². The molecule has 0 aliphatic heterocycles. The molecule has 0 aromatic carbocycles. The van der Waals surface area contributed by atoms with Crippen molar-refractivity contribution in [3.63, 3.8) is 0 Å². The van der Waals surface area contributed by atoms with Gasteiger partial charge in [-0.3, -0.25) is 0 Å². The Morgan fingerprint density at radius 3 is 2.43 bits per heavy atom. The zero-order valence-corrected chi connectivity index (χ0v) is 4.15. The van der Waals surface area contributed by atoms with Crippen LogP contribution in [0.15, 0.2) is 0 Å². The standard InChI is InChI=1S/C6H7N/c1-7-5-4-6(5)2-3-6/h5H,2-4H2. The predicted molar refractivity (Wildman–Crippen MR) is 26.7 cm³/mol. The molecule has 0 bridgehead atoms. The predicted octanol–water partition coefficient (Wildman–Crippen LogP) is 1.46. The Morgan fingerprint density at radius 1 is 1.57 bits per heavy atom. The van der Waals surface area contributed by atoms with Gasteiger partial charge in [0.25, 0.3) is 0 Å². The van der Waals surface area contributed by atoms with Crippen LogP contribution in [0.4, 0.5) is 0 Å². The van der Waals surface area contributed by atoms with Gasteiger partial charge in [0.1, 0.15) is 0 Å². The molecule has 1 heteroatoms. The molecular formula is C6H7N. The van der Waals surface area contributed by atoms with Crippen molar-refractivity contribution in [1.29, 1.82) is 0 Å². The van der Waals surface area contributed by atoms with Gasteiger partial charge in [-0.25, -0.2) is 6.57 Å². The lowest BCUT2D eigenvalue weighted by Crippen LogP contribution is -1.72. The SMILES string of the molecule is [C-]#[N+]C1CC12CC2. The second kappa shape index (κ2) is 0.709. The molecule has 0 aromatic heterocycles. The zero-order valence-electron chi connectivity index (χ0n) is 4.15. The molecular weight excluding hydrogens is 86.1 g/mol. The summed E-state index contributed by atoms with van der Waals surface area (Å²) in [5, 5.41) is 0. The fraction of sp³-hybridized carbons (Fsp3) is 0.833. The van der Waals surface area contributed by atoms with Gasteiger partial charge >= 0.3 is 0 Å². The maximum Gasteiger partial charge on any atom is 0.230 e. The molecule has 1 unspecified atom stereocenters. The fourth-order valence-corrected chi connectivity index (χ4v) is 1.21. The monoisotopic (exact) mass is 93.1 g/mol. The third-order valence-corrected chi connectivity index (χ3v) is 2.19. The Kier molecular flexibility index (Phi) is 0.353. The Labute approximate surface area is 43.2 Å². The van der Waals surface area contributed by atoms with Gasteiger partial charge in [-0.2, -0.15) is 0 Å². The van der Waals surface area contributed by atoms with Crippen LogP contribution in [0.5, 0.6) is 0 Å². The Hall–Kier alpha value is -0.510. The minimum Gasteiger partial charge on any atom is -0.313 e. The highest BCUT2D eigenvalue weighted by molar-refractivity contribution is 5.21. The highest BCUT2D eigenvalue weighted by Gasteiger charge is 2.69. The van der Waals surface area contributed by atoms with Crippen LogP contribution in [0.2, 0.25) is 0 Å². The van der Waals surface area contributed by atoms with E-state index >= 15 is 0 Å². The molecule has 0 N–H and O–H groups in total. The van der Waals surface area contributed by atoms with E-state index in [1.165, 1.54) is 19.3 Å². The molecule has 1 spiro atoms. The lowest BCUT2D eigenvalue weighted by atomic mass is 10.4. The summed E-state index contributed by atoms with van der Waals surface area (Å²) in [6.45, 7) is 6.64. The van der Waals surface area contributed by atoms with Crippen molar-refractivity contribution in [3.8, 4) is 0 Å². The first-order valence-electron chi connectivity index (χ1n) is 2.74. The summed E-state index contributed by atoms with van der Waals surface area (Å²) in [4.78, 5) is 3.47. The lowest BCUT2D eigenvalue weighted by molar-refractivity contribution is 0.876. The third kappa shape index (κ3) is 0.279. The minimum absolute atomic E-state index is 0.451. The van der Waals surface area contributed by atoms with Crippen LogP contribution in [0, 0.1) is 12.0 Å². The second-order valence-corrected chi connectivity index (χ2v) is 2.71. The molecule has 2 rings (SSSR count). The highest BCUT2D eigenvalue weighted by Crippen LogP contribution is 2.67. The Balaban J connectivity index is 2.13. The molecule has 0 aromatic rings. The van der Waals surface area contributed by atoms with Crippen LogP contribution < -0.4 is 0 Å². The molecule has 0 amide bonds. The van der Waals surface area contributed by atoms with Gasteiger partial charge in [0.2, 0.25) is 6.04 Å². The smallest absolute Gasteiger partial charge is 0.230 e. The summed E-state index contributed by atoms with van der Waals surface area (Å²) in [6.07, 6.45) is 3.91. The molecule has 2 aliphatic rings. The quantitative estimate of drug-likeness (QED) is 0.399. The normalized spacial score (nSPS) is 40.1. The Morgan fingerprint density at radius 2 is 2.29 bits per heavy atom. The van der Waals surface area contributed by atoms with Gasteiger partial charge in [0, 0.05) is 6.42 Å². The van der Waals surface area contributed by atoms with Crippen molar-refractivity contribution in [2.45, 2.75) is 25.3 Å². The van der Waals surface area contributed by atoms with Crippen molar-refractivity contribution in [3.05, 3.63) is 11.4 Å². The van der Waals surface area contributed by atoms with Crippen molar-refractivity contribution in [2.24, 2.45) is 5.41 Å². The van der Waals surface area contributed by atoms with Gasteiger partial charge in [0.05, 0.1) is 5.41 Å². The van der Waals surface area contributed by atoms with E-state index in [2.05, 4.69) is 4.85 Å². The van der Waals surface area contributed by atoms with Gasteiger partial charge in [-0.1, -0.05) is 0 Å². The third-order valence-electron chi connectivity index (χ3n) is 2.19. The van der Waals surface area contributed by atoms with Crippen LogP contribution >= 0.6 is 0 Å². The summed E-state index contributed by atoms with van der Waals surface area (Å²) < 4.78 is 0. The molecule has 0 heterocycles. The molecule has 0 radical (unpaired) electrons. The number of hydrogen-bond acceptors (Lipinski definition) is 0. The minimum atomic E-state index is 0.451. The van der Waals surface area contributed by atoms with Gasteiger partial charge in [-0.15, -0.1) is 0 Å². The maximum atomic E-state index is 6.64. The van der Waals surface area contributed by atoms with Crippen LogP contribution in [-0.4, -0.2) is 6.04 Å². The molecule has 2 aliphatic carbocycles. The van der Waals surface area contributed by atoms with Crippen LogP contribution in [0.1, 0.15) is 19.3 Å². The van der Waals surface area contributed by atoms with E-state index in [9.17, 15) is 0 Å². The molecule has 1 atom stereocenters. The van der Waals surface area contributed by atoms with E-state index in [4.69, 9.17) is 6.57 Å². The first-order valence-corrected chi connectivity index (χ1v) is 2.74. The summed E-state index contributed by atoms with van der Waals surface area (Å²) >= 11 is 0. The lowest BCUT2D eigenvalue weighted by Gasteiger charge is -1.68. The van der Waals surface area contributed by atoms with E-state index in [0.29, 0.717) is 11.5 Å². The van der Waals surface area contributed by atoms with Crippen LogP contribution in [0.3, 0.4) is 0 Å². The summed E-state index contributed by atoms with van der Waals surface area (Å²) in [6, 6.07) is 0.451. The highest BCUT2D eigenvalue weighted by atomic mass is 14.9. The molecule has 2 saturated carbocycles. The molecule has 0 saturated heterocycles. The molecule has 1 nitrogen and oxygen atoms in total. The van der Waals surface area contributed by atoms with Crippen molar-refractivity contribution in [1.82, 2.24) is 0 Å². The maximum absolute atomic E-state index is 6.64. The second-order valence-electron chi connectivity index (χ2n) is 2.71. The van der Waals surface area contributed by atoms with E-state index < -0.39 is 0 Å². The first kappa shape index (κ1) is 3.49. The van der Waals surface area contributed by atoms with E-state index in [-0.39, 0.29) is 0 Å². The first-order chi connectivity index (χ1) is 3.37. The van der Waals surface area contributed by atoms with Crippen molar-refractivity contribution >= 4 is 0 Å².